The average Bonchev–Trinajstić information content (AvgIpc) is 3.38. The van der Waals surface area contributed by atoms with Crippen LogP contribution >= 0.6 is 0 Å². The molecule has 1 amide bonds. The second-order valence-electron chi connectivity index (χ2n) is 10.7. The third-order valence-corrected chi connectivity index (χ3v) is 8.44. The van der Waals surface area contributed by atoms with Crippen LogP contribution in [0.4, 0.5) is 0 Å². The average molecular weight is 567 g/mol. The summed E-state index contributed by atoms with van der Waals surface area (Å²) in [5, 5.41) is 68.3. The molecule has 0 aromatic heterocycles. The molecule has 0 bridgehead atoms. The minimum absolute atomic E-state index is 0.0167. The maximum atomic E-state index is 14.0. The third-order valence-electron chi connectivity index (χ3n) is 8.44. The Morgan fingerprint density at radius 3 is 2.39 bits per heavy atom. The lowest BCUT2D eigenvalue weighted by Gasteiger charge is -2.53. The standard InChI is InChI=1S/C28H26N2O11/c1-30(2)19-18-23(34)15-16(25(36)28(18,39)26(37)17(24(19)35)27(29)38)22(33)14-11(21(15)32)5-4-10(20(14)31)9-3-6-12-13(7-9)41-8-40-12/h3-7,15,18-19,21,23,31-34,37,39H,8H2,1-2H3,(H2,29,38)/t15-,18+,19-,21-,23-,28-/m0/s1. The van der Waals surface area contributed by atoms with Crippen molar-refractivity contribution in [3.8, 4) is 28.4 Å². The molecular weight excluding hydrogens is 540 g/mol. The zero-order chi connectivity index (χ0) is 29.7. The number of carbonyl (C=O) groups excluding carboxylic acids is 3. The van der Waals surface area contributed by atoms with Gasteiger partial charge in [0.25, 0.3) is 5.91 Å². The molecule has 13 nitrogen and oxygen atoms in total. The second kappa shape index (κ2) is 8.78. The summed E-state index contributed by atoms with van der Waals surface area (Å²) in [6.07, 6.45) is -3.60. The van der Waals surface area contributed by atoms with E-state index < -0.39 is 81.6 Å². The first-order valence-corrected chi connectivity index (χ1v) is 12.6. The monoisotopic (exact) mass is 566 g/mol. The number of ketones is 2. The van der Waals surface area contributed by atoms with Crippen molar-refractivity contribution in [2.45, 2.75) is 23.9 Å². The first kappa shape index (κ1) is 26.8. The Labute approximate surface area is 232 Å². The van der Waals surface area contributed by atoms with Crippen molar-refractivity contribution in [3.05, 3.63) is 58.4 Å². The van der Waals surface area contributed by atoms with Crippen molar-refractivity contribution >= 4 is 23.2 Å². The molecular formula is C28H26N2O11. The Hall–Kier alpha value is -4.43. The summed E-state index contributed by atoms with van der Waals surface area (Å²) >= 11 is 0. The largest absolute Gasteiger partial charge is 0.508 e. The topological polar surface area (TPSA) is 220 Å². The van der Waals surface area contributed by atoms with E-state index in [0.717, 1.165) is 0 Å². The van der Waals surface area contributed by atoms with E-state index in [4.69, 9.17) is 15.2 Å². The van der Waals surface area contributed by atoms with Gasteiger partial charge in [0.15, 0.2) is 22.9 Å². The van der Waals surface area contributed by atoms with Crippen LogP contribution in [0.1, 0.15) is 17.2 Å². The highest BCUT2D eigenvalue weighted by Crippen LogP contribution is 2.56. The van der Waals surface area contributed by atoms with Crippen molar-refractivity contribution in [1.29, 1.82) is 0 Å². The Kier molecular flexibility index (Phi) is 5.74. The lowest BCUT2D eigenvalue weighted by molar-refractivity contribution is -0.174. The lowest BCUT2D eigenvalue weighted by atomic mass is 9.55. The van der Waals surface area contributed by atoms with Gasteiger partial charge in [-0.25, -0.2) is 0 Å². The van der Waals surface area contributed by atoms with Gasteiger partial charge in [0, 0.05) is 17.1 Å². The number of hydrogen-bond donors (Lipinski definition) is 7. The van der Waals surface area contributed by atoms with E-state index in [-0.39, 0.29) is 23.5 Å². The maximum Gasteiger partial charge on any atom is 0.255 e. The van der Waals surface area contributed by atoms with Gasteiger partial charge < -0.3 is 45.8 Å². The quantitative estimate of drug-likeness (QED) is 0.241. The highest BCUT2D eigenvalue weighted by Gasteiger charge is 2.68. The number of phenols is 1. The summed E-state index contributed by atoms with van der Waals surface area (Å²) in [4.78, 5) is 40.6. The predicted molar refractivity (Wildman–Crippen MR) is 138 cm³/mol. The fourth-order valence-electron chi connectivity index (χ4n) is 6.58. The summed E-state index contributed by atoms with van der Waals surface area (Å²) in [6, 6.07) is 6.19. The summed E-state index contributed by atoms with van der Waals surface area (Å²) in [7, 11) is 2.79. The number of nitrogens with two attached hydrogens (primary N) is 1. The van der Waals surface area contributed by atoms with Crippen molar-refractivity contribution in [1.82, 2.24) is 4.90 Å². The number of nitrogens with zero attached hydrogens (tertiary/aromatic N) is 1. The van der Waals surface area contributed by atoms with Gasteiger partial charge in [-0.2, -0.15) is 0 Å². The number of aliphatic hydroxyl groups excluding tert-OH is 4. The van der Waals surface area contributed by atoms with Gasteiger partial charge in [-0.1, -0.05) is 18.2 Å². The number of amides is 1. The zero-order valence-electron chi connectivity index (χ0n) is 21.7. The van der Waals surface area contributed by atoms with Crippen molar-refractivity contribution < 1.29 is 54.5 Å². The Bertz CT molecular complexity index is 1630. The van der Waals surface area contributed by atoms with Gasteiger partial charge in [0.05, 0.1) is 29.7 Å². The fourth-order valence-corrected chi connectivity index (χ4v) is 6.58. The van der Waals surface area contributed by atoms with Crippen LogP contribution in [-0.4, -0.2) is 91.6 Å². The van der Waals surface area contributed by atoms with Gasteiger partial charge in [-0.15, -0.1) is 0 Å². The van der Waals surface area contributed by atoms with Crippen LogP contribution in [0.25, 0.3) is 16.9 Å². The third kappa shape index (κ3) is 3.34. The number of hydrogen-bond acceptors (Lipinski definition) is 12. The van der Waals surface area contributed by atoms with Gasteiger partial charge in [0.2, 0.25) is 12.6 Å². The molecule has 3 aliphatic carbocycles. The normalized spacial score (nSPS) is 30.3. The first-order valence-electron chi connectivity index (χ1n) is 12.6. The fraction of sp³-hybridized carbons (Fsp3) is 0.321. The number of ether oxygens (including phenoxy) is 2. The number of aromatic hydroxyl groups is 1. The van der Waals surface area contributed by atoms with Crippen molar-refractivity contribution in [3.63, 3.8) is 0 Å². The SMILES string of the molecule is CN(C)[C@@H]1C(=O)C(C(N)=O)=C(O)[C@@]2(O)C(=O)C3=C(O)c4c(ccc(-c5ccc6c(c5)OCO6)c4O)[C@H](O)[C@H]3[C@H](O)[C@@H]12. The number of fused-ring (bicyclic) bond motifs is 4. The van der Waals surface area contributed by atoms with E-state index in [1.165, 1.54) is 31.1 Å². The number of aliphatic hydroxyl groups is 5. The molecule has 0 unspecified atom stereocenters. The maximum absolute atomic E-state index is 14.0. The summed E-state index contributed by atoms with van der Waals surface area (Å²) in [6.45, 7) is 0.0167. The smallest absolute Gasteiger partial charge is 0.255 e. The van der Waals surface area contributed by atoms with E-state index in [1.54, 1.807) is 18.2 Å². The molecule has 0 saturated heterocycles. The van der Waals surface area contributed by atoms with Gasteiger partial charge in [0.1, 0.15) is 22.8 Å². The van der Waals surface area contributed by atoms with E-state index in [1.807, 2.05) is 0 Å². The molecule has 1 saturated carbocycles. The van der Waals surface area contributed by atoms with E-state index in [0.29, 0.717) is 17.1 Å². The van der Waals surface area contributed by atoms with Crippen molar-refractivity contribution in [2.75, 3.05) is 20.9 Å². The molecule has 214 valence electrons. The molecule has 6 atom stereocenters. The minimum atomic E-state index is -3.08. The molecule has 1 aliphatic heterocycles. The molecule has 0 spiro atoms. The number of primary amides is 1. The highest BCUT2D eigenvalue weighted by molar-refractivity contribution is 6.24. The van der Waals surface area contributed by atoms with Crippen molar-refractivity contribution in [2.24, 2.45) is 17.6 Å². The number of phenolic OH excluding ortho intramolecular Hbond substituents is 1. The van der Waals surface area contributed by atoms with Crippen LogP contribution < -0.4 is 15.2 Å². The molecule has 4 aliphatic rings. The Balaban J connectivity index is 1.57. The molecule has 8 N–H and O–H groups in total. The number of carbonyl (C=O) groups is 3. The lowest BCUT2D eigenvalue weighted by Crippen LogP contribution is -2.70. The highest BCUT2D eigenvalue weighted by atomic mass is 16.7. The number of rotatable bonds is 3. The van der Waals surface area contributed by atoms with Crippen LogP contribution in [-0.2, 0) is 14.4 Å². The molecule has 6 rings (SSSR count). The Morgan fingerprint density at radius 2 is 1.73 bits per heavy atom. The molecule has 2 aromatic rings. The number of likely N-dealkylation sites (N-methyl/N-ethyl adjacent to an activating group) is 1. The summed E-state index contributed by atoms with van der Waals surface area (Å²) < 4.78 is 10.7. The van der Waals surface area contributed by atoms with Gasteiger partial charge in [-0.05, 0) is 37.4 Å². The van der Waals surface area contributed by atoms with Gasteiger partial charge >= 0.3 is 0 Å². The molecule has 0 radical (unpaired) electrons. The van der Waals surface area contributed by atoms with E-state index in [9.17, 15) is 45.0 Å². The van der Waals surface area contributed by atoms with Crippen LogP contribution in [0.2, 0.25) is 0 Å². The van der Waals surface area contributed by atoms with Crippen LogP contribution in [0.3, 0.4) is 0 Å². The number of benzene rings is 2. The van der Waals surface area contributed by atoms with Gasteiger partial charge in [-0.3, -0.25) is 19.3 Å². The van der Waals surface area contributed by atoms with E-state index in [2.05, 4.69) is 0 Å². The molecule has 41 heavy (non-hydrogen) atoms. The molecule has 1 fully saturated rings. The first-order chi connectivity index (χ1) is 19.3. The summed E-state index contributed by atoms with van der Waals surface area (Å²) in [5.74, 6) is -9.00. The molecule has 2 aromatic carbocycles. The number of Topliss-reactive ketones (excluding diaryl/α,β-unsaturated/α-hetero) is 2. The van der Waals surface area contributed by atoms with Crippen LogP contribution in [0.5, 0.6) is 17.2 Å². The second-order valence-corrected chi connectivity index (χ2v) is 10.7. The summed E-state index contributed by atoms with van der Waals surface area (Å²) in [5.41, 5.74) is 0.784. The predicted octanol–water partition coefficient (Wildman–Crippen LogP) is -0.179. The minimum Gasteiger partial charge on any atom is -0.508 e. The van der Waals surface area contributed by atoms with E-state index >= 15 is 0 Å². The van der Waals surface area contributed by atoms with Crippen LogP contribution in [0.15, 0.2) is 47.2 Å². The molecule has 13 heteroatoms. The zero-order valence-corrected chi connectivity index (χ0v) is 21.7. The Morgan fingerprint density at radius 1 is 1.05 bits per heavy atom. The van der Waals surface area contributed by atoms with Crippen LogP contribution in [0, 0.1) is 11.8 Å². The molecule has 1 heterocycles.